The van der Waals surface area contributed by atoms with Gasteiger partial charge in [-0.1, -0.05) is 30.3 Å². The molecule has 0 aliphatic carbocycles. The van der Waals surface area contributed by atoms with Crippen molar-refractivity contribution in [1.29, 1.82) is 5.26 Å². The van der Waals surface area contributed by atoms with Crippen LogP contribution < -0.4 is 0 Å². The lowest BCUT2D eigenvalue weighted by atomic mass is 9.99. The van der Waals surface area contributed by atoms with E-state index in [0.29, 0.717) is 19.6 Å². The van der Waals surface area contributed by atoms with E-state index >= 15 is 0 Å². The molecule has 0 radical (unpaired) electrons. The number of hydrogen-bond donors (Lipinski definition) is 1. The van der Waals surface area contributed by atoms with E-state index in [1.165, 1.54) is 4.90 Å². The lowest BCUT2D eigenvalue weighted by Crippen LogP contribution is -2.40. The van der Waals surface area contributed by atoms with Gasteiger partial charge in [0, 0.05) is 20.2 Å². The summed E-state index contributed by atoms with van der Waals surface area (Å²) in [6, 6.07) is 11.5. The molecule has 108 valence electrons. The molecule has 20 heavy (non-hydrogen) atoms. The van der Waals surface area contributed by atoms with Crippen LogP contribution in [0.2, 0.25) is 0 Å². The van der Waals surface area contributed by atoms with Gasteiger partial charge in [-0.25, -0.2) is 0 Å². The summed E-state index contributed by atoms with van der Waals surface area (Å²) in [5.41, 5.74) is 0.947. The van der Waals surface area contributed by atoms with Crippen molar-refractivity contribution in [3.63, 3.8) is 0 Å². The van der Waals surface area contributed by atoms with Crippen LogP contribution >= 0.6 is 0 Å². The maximum Gasteiger partial charge on any atom is 0.240 e. The predicted molar refractivity (Wildman–Crippen MR) is 74.8 cm³/mol. The zero-order valence-corrected chi connectivity index (χ0v) is 11.7. The normalized spacial score (nSPS) is 11.7. The summed E-state index contributed by atoms with van der Waals surface area (Å²) in [4.78, 5) is 13.8. The molecule has 0 bridgehead atoms. The maximum atomic E-state index is 12.3. The molecule has 0 aliphatic rings. The Hall–Kier alpha value is -1.90. The monoisotopic (exact) mass is 276 g/mol. The Bertz CT molecular complexity index is 442. The zero-order valence-electron chi connectivity index (χ0n) is 11.7. The SMILES string of the molecule is COCCN(CCO)C(=O)C(C#N)Cc1ccccc1. The van der Waals surface area contributed by atoms with E-state index in [1.807, 2.05) is 30.3 Å². The number of benzene rings is 1. The van der Waals surface area contributed by atoms with Crippen LogP contribution in [0.1, 0.15) is 5.56 Å². The molecule has 0 saturated heterocycles. The van der Waals surface area contributed by atoms with Gasteiger partial charge in [0.2, 0.25) is 5.91 Å². The second kappa shape index (κ2) is 9.08. The van der Waals surface area contributed by atoms with Crippen LogP contribution in [0, 0.1) is 17.2 Å². The van der Waals surface area contributed by atoms with Crippen LogP contribution in [0.4, 0.5) is 0 Å². The summed E-state index contributed by atoms with van der Waals surface area (Å²) in [5.74, 6) is -0.997. The van der Waals surface area contributed by atoms with Crippen molar-refractivity contribution in [2.24, 2.45) is 5.92 Å². The van der Waals surface area contributed by atoms with Crippen molar-refractivity contribution < 1.29 is 14.6 Å². The Morgan fingerprint density at radius 1 is 1.40 bits per heavy atom. The first-order chi connectivity index (χ1) is 9.72. The van der Waals surface area contributed by atoms with Crippen molar-refractivity contribution in [1.82, 2.24) is 4.90 Å². The standard InChI is InChI=1S/C15H20N2O3/c1-20-10-8-17(7-9-18)15(19)14(12-16)11-13-5-3-2-4-6-13/h2-6,14,18H,7-11H2,1H3. The number of ether oxygens (including phenoxy) is 1. The number of aliphatic hydroxyl groups is 1. The van der Waals surface area contributed by atoms with Crippen molar-refractivity contribution in [2.45, 2.75) is 6.42 Å². The third kappa shape index (κ3) is 5.00. The Kier molecular flexibility index (Phi) is 7.33. The molecular formula is C15H20N2O3. The summed E-state index contributed by atoms with van der Waals surface area (Å²) in [5, 5.41) is 18.2. The molecule has 0 fully saturated rings. The molecule has 0 spiro atoms. The van der Waals surface area contributed by atoms with Crippen LogP contribution in [-0.4, -0.2) is 49.3 Å². The van der Waals surface area contributed by atoms with E-state index in [2.05, 4.69) is 6.07 Å². The van der Waals surface area contributed by atoms with E-state index in [1.54, 1.807) is 7.11 Å². The van der Waals surface area contributed by atoms with Crippen LogP contribution in [0.3, 0.4) is 0 Å². The molecule has 0 aromatic heterocycles. The Balaban J connectivity index is 2.71. The van der Waals surface area contributed by atoms with Gasteiger partial charge in [0.05, 0.1) is 19.3 Å². The van der Waals surface area contributed by atoms with E-state index in [9.17, 15) is 10.1 Å². The number of nitrogens with zero attached hydrogens (tertiary/aromatic N) is 2. The molecule has 1 amide bonds. The molecule has 1 aromatic rings. The molecule has 5 heteroatoms. The molecule has 0 saturated carbocycles. The number of nitriles is 1. The molecule has 1 atom stereocenters. The Morgan fingerprint density at radius 3 is 2.65 bits per heavy atom. The van der Waals surface area contributed by atoms with Crippen molar-refractivity contribution in [3.8, 4) is 6.07 Å². The summed E-state index contributed by atoms with van der Waals surface area (Å²) in [6.07, 6.45) is 0.380. The Morgan fingerprint density at radius 2 is 2.10 bits per heavy atom. The highest BCUT2D eigenvalue weighted by atomic mass is 16.5. The molecule has 1 aromatic carbocycles. The van der Waals surface area contributed by atoms with Gasteiger partial charge in [-0.05, 0) is 12.0 Å². The van der Waals surface area contributed by atoms with Crippen molar-refractivity contribution in [3.05, 3.63) is 35.9 Å². The first-order valence-corrected chi connectivity index (χ1v) is 6.55. The highest BCUT2D eigenvalue weighted by Crippen LogP contribution is 2.11. The molecule has 1 rings (SSSR count). The van der Waals surface area contributed by atoms with E-state index in [0.717, 1.165) is 5.56 Å². The fraction of sp³-hybridized carbons (Fsp3) is 0.467. The van der Waals surface area contributed by atoms with Gasteiger partial charge < -0.3 is 14.7 Å². The number of amides is 1. The maximum absolute atomic E-state index is 12.3. The molecule has 5 nitrogen and oxygen atoms in total. The molecular weight excluding hydrogens is 256 g/mol. The second-order valence-electron chi connectivity index (χ2n) is 4.41. The summed E-state index contributed by atoms with van der Waals surface area (Å²) >= 11 is 0. The summed E-state index contributed by atoms with van der Waals surface area (Å²) < 4.78 is 4.94. The fourth-order valence-electron chi connectivity index (χ4n) is 1.91. The summed E-state index contributed by atoms with van der Waals surface area (Å²) in [6.45, 7) is 0.853. The average molecular weight is 276 g/mol. The van der Waals surface area contributed by atoms with Gasteiger partial charge >= 0.3 is 0 Å². The number of aliphatic hydroxyl groups excluding tert-OH is 1. The number of rotatable bonds is 8. The molecule has 0 heterocycles. The van der Waals surface area contributed by atoms with Crippen LogP contribution in [0.5, 0.6) is 0 Å². The Labute approximate surface area is 119 Å². The minimum Gasteiger partial charge on any atom is -0.395 e. The van der Waals surface area contributed by atoms with E-state index < -0.39 is 5.92 Å². The van der Waals surface area contributed by atoms with Gasteiger partial charge in [-0.2, -0.15) is 5.26 Å². The average Bonchev–Trinajstić information content (AvgIpc) is 2.49. The minimum atomic E-state index is -0.735. The predicted octanol–water partition coefficient (Wildman–Crippen LogP) is 0.836. The van der Waals surface area contributed by atoms with E-state index in [-0.39, 0.29) is 19.1 Å². The van der Waals surface area contributed by atoms with Crippen LogP contribution in [0.15, 0.2) is 30.3 Å². The first kappa shape index (κ1) is 16.2. The first-order valence-electron chi connectivity index (χ1n) is 6.55. The third-order valence-electron chi connectivity index (χ3n) is 2.98. The molecule has 1 N–H and O–H groups in total. The van der Waals surface area contributed by atoms with E-state index in [4.69, 9.17) is 9.84 Å². The van der Waals surface area contributed by atoms with Gasteiger partial charge in [0.1, 0.15) is 5.92 Å². The minimum absolute atomic E-state index is 0.126. The lowest BCUT2D eigenvalue weighted by Gasteiger charge is -2.23. The van der Waals surface area contributed by atoms with Crippen molar-refractivity contribution in [2.75, 3.05) is 33.4 Å². The van der Waals surface area contributed by atoms with Gasteiger partial charge in [0.15, 0.2) is 0 Å². The quantitative estimate of drug-likeness (QED) is 0.763. The molecule has 0 aliphatic heterocycles. The highest BCUT2D eigenvalue weighted by molar-refractivity contribution is 5.81. The smallest absolute Gasteiger partial charge is 0.240 e. The lowest BCUT2D eigenvalue weighted by molar-refractivity contribution is -0.134. The number of hydrogen-bond acceptors (Lipinski definition) is 4. The number of carbonyl (C=O) groups excluding carboxylic acids is 1. The van der Waals surface area contributed by atoms with Gasteiger partial charge in [0.25, 0.3) is 0 Å². The zero-order chi connectivity index (χ0) is 14.8. The molecule has 1 unspecified atom stereocenters. The second-order valence-corrected chi connectivity index (χ2v) is 4.41. The van der Waals surface area contributed by atoms with Crippen LogP contribution in [-0.2, 0) is 16.0 Å². The topological polar surface area (TPSA) is 73.6 Å². The highest BCUT2D eigenvalue weighted by Gasteiger charge is 2.24. The number of carbonyl (C=O) groups is 1. The fourth-order valence-corrected chi connectivity index (χ4v) is 1.91. The summed E-state index contributed by atoms with van der Waals surface area (Å²) in [7, 11) is 1.55. The number of methoxy groups -OCH3 is 1. The van der Waals surface area contributed by atoms with Crippen LogP contribution in [0.25, 0.3) is 0 Å². The largest absolute Gasteiger partial charge is 0.395 e. The van der Waals surface area contributed by atoms with Crippen molar-refractivity contribution >= 4 is 5.91 Å². The van der Waals surface area contributed by atoms with Gasteiger partial charge in [-0.15, -0.1) is 0 Å². The third-order valence-corrected chi connectivity index (χ3v) is 2.98. The van der Waals surface area contributed by atoms with Gasteiger partial charge in [-0.3, -0.25) is 4.79 Å².